The molecule has 1 aromatic heterocycles. The number of carbonyl (C=O) groups excluding carboxylic acids is 2. The zero-order chi connectivity index (χ0) is 19.3. The number of aromatic nitrogens is 1. The lowest BCUT2D eigenvalue weighted by Gasteiger charge is -2.21. The second kappa shape index (κ2) is 8.42. The van der Waals surface area contributed by atoms with E-state index in [9.17, 15) is 14.4 Å². The summed E-state index contributed by atoms with van der Waals surface area (Å²) >= 11 is 0. The third-order valence-corrected chi connectivity index (χ3v) is 3.89. The monoisotopic (exact) mass is 357 g/mol. The Balaban J connectivity index is 2.16. The molecule has 0 saturated carbocycles. The lowest BCUT2D eigenvalue weighted by molar-refractivity contribution is -0.141. The maximum Gasteiger partial charge on any atom is 0.325 e. The molecule has 138 valence electrons. The third-order valence-electron chi connectivity index (χ3n) is 3.89. The van der Waals surface area contributed by atoms with E-state index in [1.54, 1.807) is 18.2 Å². The first-order valence-electron chi connectivity index (χ1n) is 8.47. The predicted octanol–water partition coefficient (Wildman–Crippen LogP) is 1.97. The molecule has 2 amide bonds. The number of amides is 2. The molecule has 0 aliphatic rings. The van der Waals surface area contributed by atoms with Gasteiger partial charge >= 0.3 is 5.97 Å². The first-order valence-corrected chi connectivity index (χ1v) is 8.47. The van der Waals surface area contributed by atoms with Crippen molar-refractivity contribution in [1.82, 2.24) is 15.6 Å². The minimum atomic E-state index is -1.14. The second-order valence-electron chi connectivity index (χ2n) is 6.61. The van der Waals surface area contributed by atoms with Gasteiger partial charge in [0.05, 0.1) is 5.52 Å². The van der Waals surface area contributed by atoms with Gasteiger partial charge in [-0.05, 0) is 31.4 Å². The molecule has 1 heterocycles. The van der Waals surface area contributed by atoms with Crippen molar-refractivity contribution in [2.75, 3.05) is 0 Å². The fraction of sp³-hybridized carbons (Fsp3) is 0.368. The topological polar surface area (TPSA) is 108 Å². The van der Waals surface area contributed by atoms with Crippen molar-refractivity contribution >= 4 is 28.7 Å². The Bertz CT molecular complexity index is 819. The van der Waals surface area contributed by atoms with Crippen molar-refractivity contribution in [3.05, 3.63) is 42.1 Å². The van der Waals surface area contributed by atoms with Gasteiger partial charge in [0.25, 0.3) is 5.91 Å². The van der Waals surface area contributed by atoms with Crippen molar-refractivity contribution in [3.8, 4) is 0 Å². The van der Waals surface area contributed by atoms with Gasteiger partial charge in [-0.2, -0.15) is 0 Å². The van der Waals surface area contributed by atoms with Gasteiger partial charge in [-0.1, -0.05) is 38.1 Å². The summed E-state index contributed by atoms with van der Waals surface area (Å²) in [6.45, 7) is 5.21. The molecule has 7 nitrogen and oxygen atoms in total. The molecule has 0 bridgehead atoms. The van der Waals surface area contributed by atoms with Gasteiger partial charge in [0.2, 0.25) is 5.91 Å². The number of hydrogen-bond donors (Lipinski definition) is 3. The van der Waals surface area contributed by atoms with Crippen molar-refractivity contribution in [2.45, 2.75) is 39.3 Å². The van der Waals surface area contributed by atoms with E-state index in [1.165, 1.54) is 6.92 Å². The van der Waals surface area contributed by atoms with E-state index in [4.69, 9.17) is 5.11 Å². The number of nitrogens with one attached hydrogen (secondary N) is 2. The van der Waals surface area contributed by atoms with Crippen LogP contribution in [0.1, 0.15) is 37.7 Å². The average molecular weight is 357 g/mol. The SMILES string of the molecule is CC(C)CC(NC(=O)c1ccc2ccccc2n1)C(=O)N[C@@H](C)C(=O)O. The van der Waals surface area contributed by atoms with E-state index >= 15 is 0 Å². The van der Waals surface area contributed by atoms with Gasteiger partial charge in [0.1, 0.15) is 17.8 Å². The zero-order valence-electron chi connectivity index (χ0n) is 15.0. The van der Waals surface area contributed by atoms with Crippen molar-refractivity contribution < 1.29 is 19.5 Å². The lowest BCUT2D eigenvalue weighted by Crippen LogP contribution is -2.51. The number of fused-ring (bicyclic) bond motifs is 1. The maximum absolute atomic E-state index is 12.5. The Kier molecular flexibility index (Phi) is 6.27. The van der Waals surface area contributed by atoms with Crippen molar-refractivity contribution in [2.24, 2.45) is 5.92 Å². The van der Waals surface area contributed by atoms with E-state index < -0.39 is 29.9 Å². The summed E-state index contributed by atoms with van der Waals surface area (Å²) in [5, 5.41) is 14.9. The molecular formula is C19H23N3O4. The Hall–Kier alpha value is -2.96. The van der Waals surface area contributed by atoms with Crippen LogP contribution in [0.4, 0.5) is 0 Å². The number of carboxylic acid groups (broad SMARTS) is 1. The molecule has 2 atom stereocenters. The number of aliphatic carboxylic acids is 1. The van der Waals surface area contributed by atoms with Crippen LogP contribution in [-0.2, 0) is 9.59 Å². The molecule has 0 spiro atoms. The summed E-state index contributed by atoms with van der Waals surface area (Å²) in [5.41, 5.74) is 0.890. The fourth-order valence-electron chi connectivity index (χ4n) is 2.50. The Morgan fingerprint density at radius 2 is 1.73 bits per heavy atom. The Labute approximate surface area is 151 Å². The number of benzene rings is 1. The van der Waals surface area contributed by atoms with Crippen LogP contribution < -0.4 is 10.6 Å². The summed E-state index contributed by atoms with van der Waals surface area (Å²) in [6.07, 6.45) is 0.386. The normalized spacial score (nSPS) is 13.2. The van der Waals surface area contributed by atoms with Gasteiger partial charge in [-0.25, -0.2) is 4.98 Å². The summed E-state index contributed by atoms with van der Waals surface area (Å²) in [7, 11) is 0. The summed E-state index contributed by atoms with van der Waals surface area (Å²) in [5.74, 6) is -2.00. The smallest absolute Gasteiger partial charge is 0.325 e. The molecular weight excluding hydrogens is 334 g/mol. The largest absolute Gasteiger partial charge is 0.480 e. The van der Waals surface area contributed by atoms with Gasteiger partial charge in [0, 0.05) is 5.39 Å². The minimum Gasteiger partial charge on any atom is -0.480 e. The van der Waals surface area contributed by atoms with Crippen LogP contribution in [0.5, 0.6) is 0 Å². The van der Waals surface area contributed by atoms with Gasteiger partial charge in [0.15, 0.2) is 0 Å². The standard InChI is InChI=1S/C19H23N3O4/c1-11(2)10-16(18(24)20-12(3)19(25)26)22-17(23)15-9-8-13-6-4-5-7-14(13)21-15/h4-9,11-12,16H,10H2,1-3H3,(H,20,24)(H,22,23)(H,25,26)/t12-,16?/m0/s1. The zero-order valence-corrected chi connectivity index (χ0v) is 15.0. The average Bonchev–Trinajstić information content (AvgIpc) is 2.60. The van der Waals surface area contributed by atoms with E-state index in [0.29, 0.717) is 11.9 Å². The molecule has 0 radical (unpaired) electrons. The summed E-state index contributed by atoms with van der Waals surface area (Å²) in [4.78, 5) is 40.2. The fourth-order valence-corrected chi connectivity index (χ4v) is 2.50. The second-order valence-corrected chi connectivity index (χ2v) is 6.61. The number of hydrogen-bond acceptors (Lipinski definition) is 4. The molecule has 2 aromatic rings. The molecule has 3 N–H and O–H groups in total. The molecule has 1 aromatic carbocycles. The molecule has 0 aliphatic carbocycles. The highest BCUT2D eigenvalue weighted by Crippen LogP contribution is 2.12. The number of carboxylic acids is 1. The highest BCUT2D eigenvalue weighted by atomic mass is 16.4. The summed E-state index contributed by atoms with van der Waals surface area (Å²) in [6, 6.07) is 8.94. The molecule has 0 aliphatic heterocycles. The molecule has 2 rings (SSSR count). The summed E-state index contributed by atoms with van der Waals surface area (Å²) < 4.78 is 0. The quantitative estimate of drug-likeness (QED) is 0.702. The van der Waals surface area contributed by atoms with Crippen LogP contribution in [0.15, 0.2) is 36.4 Å². The third kappa shape index (κ3) is 5.02. The number of carbonyl (C=O) groups is 3. The number of para-hydroxylation sites is 1. The first kappa shape index (κ1) is 19.4. The van der Waals surface area contributed by atoms with Crippen LogP contribution >= 0.6 is 0 Å². The highest BCUT2D eigenvalue weighted by Gasteiger charge is 2.25. The Morgan fingerprint density at radius 1 is 1.04 bits per heavy atom. The molecule has 1 unspecified atom stereocenters. The van der Waals surface area contributed by atoms with Gasteiger partial charge in [-0.3, -0.25) is 14.4 Å². The molecule has 7 heteroatoms. The molecule has 0 fully saturated rings. The Morgan fingerprint density at radius 3 is 2.38 bits per heavy atom. The van der Waals surface area contributed by atoms with Crippen molar-refractivity contribution in [3.63, 3.8) is 0 Å². The van der Waals surface area contributed by atoms with E-state index in [2.05, 4.69) is 15.6 Å². The van der Waals surface area contributed by atoms with Crippen LogP contribution in [0.3, 0.4) is 0 Å². The van der Waals surface area contributed by atoms with Crippen LogP contribution in [0.25, 0.3) is 10.9 Å². The minimum absolute atomic E-state index is 0.135. The van der Waals surface area contributed by atoms with Gasteiger partial charge < -0.3 is 15.7 Å². The van der Waals surface area contributed by atoms with Crippen molar-refractivity contribution in [1.29, 1.82) is 0 Å². The van der Waals surface area contributed by atoms with E-state index in [0.717, 1.165) is 5.39 Å². The lowest BCUT2D eigenvalue weighted by atomic mass is 10.0. The highest BCUT2D eigenvalue weighted by molar-refractivity contribution is 5.98. The first-order chi connectivity index (χ1) is 12.3. The number of pyridine rings is 1. The predicted molar refractivity (Wildman–Crippen MR) is 97.7 cm³/mol. The van der Waals surface area contributed by atoms with E-state index in [1.807, 2.05) is 32.0 Å². The number of nitrogens with zero attached hydrogens (tertiary/aromatic N) is 1. The van der Waals surface area contributed by atoms with Gasteiger partial charge in [-0.15, -0.1) is 0 Å². The maximum atomic E-state index is 12.5. The van der Waals surface area contributed by atoms with Crippen LogP contribution in [0, 0.1) is 5.92 Å². The van der Waals surface area contributed by atoms with E-state index in [-0.39, 0.29) is 11.6 Å². The van der Waals surface area contributed by atoms with Crippen LogP contribution in [-0.4, -0.2) is 40.0 Å². The molecule has 0 saturated heterocycles. The van der Waals surface area contributed by atoms with Crippen LogP contribution in [0.2, 0.25) is 0 Å². The molecule has 26 heavy (non-hydrogen) atoms. The number of rotatable bonds is 7.